The van der Waals surface area contributed by atoms with Crippen LogP contribution in [-0.2, 0) is 9.59 Å². The number of nitrogens with one attached hydrogen (secondary N) is 2. The van der Waals surface area contributed by atoms with Crippen LogP contribution in [0.4, 0.5) is 0 Å². The van der Waals surface area contributed by atoms with E-state index in [1.165, 1.54) is 6.33 Å². The Hall–Kier alpha value is -1.92. The van der Waals surface area contributed by atoms with Gasteiger partial charge in [0.1, 0.15) is 12.2 Å². The lowest BCUT2D eigenvalue weighted by Crippen LogP contribution is -2.37. The number of aromatic nitrogens is 3. The van der Waals surface area contributed by atoms with Gasteiger partial charge in [-0.3, -0.25) is 14.7 Å². The van der Waals surface area contributed by atoms with Crippen molar-refractivity contribution >= 4 is 11.9 Å². The monoisotopic (exact) mass is 266 g/mol. The van der Waals surface area contributed by atoms with Gasteiger partial charge >= 0.3 is 5.97 Å². The molecule has 1 amide bonds. The third-order valence-electron chi connectivity index (χ3n) is 3.65. The predicted molar refractivity (Wildman–Crippen MR) is 66.0 cm³/mol. The van der Waals surface area contributed by atoms with Gasteiger partial charge in [0.15, 0.2) is 0 Å². The molecule has 7 heteroatoms. The summed E-state index contributed by atoms with van der Waals surface area (Å²) in [5.41, 5.74) is 0. The first-order chi connectivity index (χ1) is 8.99. The molecule has 1 aromatic rings. The molecule has 0 aromatic carbocycles. The molecule has 1 heterocycles. The van der Waals surface area contributed by atoms with Crippen LogP contribution in [0.15, 0.2) is 6.33 Å². The quantitative estimate of drug-likeness (QED) is 0.744. The van der Waals surface area contributed by atoms with Crippen LogP contribution in [0.25, 0.3) is 0 Å². The number of nitrogens with zero attached hydrogens (tertiary/aromatic N) is 2. The first-order valence-corrected chi connectivity index (χ1v) is 6.37. The molecule has 0 aliphatic heterocycles. The number of carboxylic acids is 1. The number of carbonyl (C=O) groups is 2. The third kappa shape index (κ3) is 2.91. The van der Waals surface area contributed by atoms with E-state index in [4.69, 9.17) is 5.11 Å². The number of hydrogen-bond acceptors (Lipinski definition) is 4. The Morgan fingerprint density at radius 1 is 1.47 bits per heavy atom. The molecule has 1 saturated carbocycles. The van der Waals surface area contributed by atoms with E-state index < -0.39 is 17.8 Å². The van der Waals surface area contributed by atoms with E-state index in [9.17, 15) is 9.59 Å². The van der Waals surface area contributed by atoms with Gasteiger partial charge in [0, 0.05) is 0 Å². The fourth-order valence-electron chi connectivity index (χ4n) is 2.67. The molecule has 104 valence electrons. The highest BCUT2D eigenvalue weighted by atomic mass is 16.4. The first kappa shape index (κ1) is 13.5. The Morgan fingerprint density at radius 2 is 2.16 bits per heavy atom. The highest BCUT2D eigenvalue weighted by Crippen LogP contribution is 2.36. The Labute approximate surface area is 110 Å². The largest absolute Gasteiger partial charge is 0.481 e. The summed E-state index contributed by atoms with van der Waals surface area (Å²) in [6, 6.07) is -0.305. The number of amides is 1. The maximum Gasteiger partial charge on any atom is 0.307 e. The number of rotatable bonds is 4. The lowest BCUT2D eigenvalue weighted by atomic mass is 9.95. The number of aromatic amines is 1. The molecule has 2 rings (SSSR count). The molecular weight excluding hydrogens is 248 g/mol. The van der Waals surface area contributed by atoms with E-state index in [1.54, 1.807) is 6.92 Å². The number of carboxylic acid groups (broad SMARTS) is 1. The van der Waals surface area contributed by atoms with Gasteiger partial charge in [0.2, 0.25) is 5.91 Å². The molecular formula is C12H18N4O3. The third-order valence-corrected chi connectivity index (χ3v) is 3.65. The van der Waals surface area contributed by atoms with Crippen LogP contribution in [0.2, 0.25) is 0 Å². The van der Waals surface area contributed by atoms with Crippen LogP contribution in [0, 0.1) is 17.8 Å². The van der Waals surface area contributed by atoms with E-state index in [-0.39, 0.29) is 17.9 Å². The van der Waals surface area contributed by atoms with Crippen molar-refractivity contribution in [2.75, 3.05) is 0 Å². The van der Waals surface area contributed by atoms with E-state index in [2.05, 4.69) is 20.5 Å². The molecule has 0 bridgehead atoms. The zero-order chi connectivity index (χ0) is 14.0. The summed E-state index contributed by atoms with van der Waals surface area (Å²) in [6.07, 6.45) is 2.55. The molecule has 4 atom stereocenters. The second-order valence-corrected chi connectivity index (χ2v) is 5.23. The zero-order valence-corrected chi connectivity index (χ0v) is 11.0. The van der Waals surface area contributed by atoms with E-state index in [0.717, 1.165) is 0 Å². The van der Waals surface area contributed by atoms with Crippen LogP contribution >= 0.6 is 0 Å². The Bertz CT molecular complexity index is 460. The maximum atomic E-state index is 12.2. The van der Waals surface area contributed by atoms with Crippen LogP contribution in [0.5, 0.6) is 0 Å². The minimum absolute atomic E-state index is 0.222. The smallest absolute Gasteiger partial charge is 0.307 e. The van der Waals surface area contributed by atoms with Crippen molar-refractivity contribution in [3.8, 4) is 0 Å². The molecule has 1 aromatic heterocycles. The summed E-state index contributed by atoms with van der Waals surface area (Å²) in [5.74, 6) is -1.34. The number of H-pyrrole nitrogens is 1. The lowest BCUT2D eigenvalue weighted by molar-refractivity contribution is -0.146. The second-order valence-electron chi connectivity index (χ2n) is 5.23. The van der Waals surface area contributed by atoms with Crippen molar-refractivity contribution < 1.29 is 14.7 Å². The van der Waals surface area contributed by atoms with Gasteiger partial charge in [-0.2, -0.15) is 5.10 Å². The van der Waals surface area contributed by atoms with Crippen molar-refractivity contribution in [2.24, 2.45) is 17.8 Å². The topological polar surface area (TPSA) is 108 Å². The molecule has 1 aliphatic carbocycles. The van der Waals surface area contributed by atoms with Gasteiger partial charge in [0.25, 0.3) is 0 Å². The highest BCUT2D eigenvalue weighted by molar-refractivity contribution is 5.85. The van der Waals surface area contributed by atoms with E-state index in [0.29, 0.717) is 18.7 Å². The molecule has 0 spiro atoms. The summed E-state index contributed by atoms with van der Waals surface area (Å²) in [5, 5.41) is 18.4. The van der Waals surface area contributed by atoms with Gasteiger partial charge < -0.3 is 10.4 Å². The van der Waals surface area contributed by atoms with Crippen molar-refractivity contribution in [2.45, 2.75) is 32.7 Å². The summed E-state index contributed by atoms with van der Waals surface area (Å²) in [4.78, 5) is 27.3. The fourth-order valence-corrected chi connectivity index (χ4v) is 2.67. The SMILES string of the molecule is CC1CC(C(=O)O)C(C(=O)NC(C)c2ncn[nH]2)C1. The Morgan fingerprint density at radius 3 is 2.74 bits per heavy atom. The second kappa shape index (κ2) is 5.38. The Kier molecular flexibility index (Phi) is 3.82. The minimum atomic E-state index is -0.892. The van der Waals surface area contributed by atoms with E-state index >= 15 is 0 Å². The molecule has 3 N–H and O–H groups in total. The molecule has 1 aliphatic rings. The average molecular weight is 266 g/mol. The maximum absolute atomic E-state index is 12.2. The number of hydrogen-bond donors (Lipinski definition) is 3. The van der Waals surface area contributed by atoms with Crippen molar-refractivity contribution in [1.82, 2.24) is 20.5 Å². The average Bonchev–Trinajstić information content (AvgIpc) is 2.96. The van der Waals surface area contributed by atoms with Crippen molar-refractivity contribution in [3.05, 3.63) is 12.2 Å². The van der Waals surface area contributed by atoms with Gasteiger partial charge in [-0.25, -0.2) is 4.98 Å². The molecule has 0 saturated heterocycles. The van der Waals surface area contributed by atoms with E-state index in [1.807, 2.05) is 6.92 Å². The van der Waals surface area contributed by atoms with Gasteiger partial charge in [-0.15, -0.1) is 0 Å². The normalized spacial score (nSPS) is 28.0. The van der Waals surface area contributed by atoms with Crippen molar-refractivity contribution in [3.63, 3.8) is 0 Å². The van der Waals surface area contributed by atoms with Crippen LogP contribution in [0.3, 0.4) is 0 Å². The van der Waals surface area contributed by atoms with Crippen molar-refractivity contribution in [1.29, 1.82) is 0 Å². The van der Waals surface area contributed by atoms with Crippen LogP contribution < -0.4 is 5.32 Å². The predicted octanol–water partition coefficient (Wildman–Crippen LogP) is 0.729. The summed E-state index contributed by atoms with van der Waals surface area (Å²) in [7, 11) is 0. The van der Waals surface area contributed by atoms with Gasteiger partial charge in [-0.1, -0.05) is 6.92 Å². The molecule has 7 nitrogen and oxygen atoms in total. The van der Waals surface area contributed by atoms with Crippen LogP contribution in [0.1, 0.15) is 38.6 Å². The first-order valence-electron chi connectivity index (χ1n) is 6.37. The van der Waals surface area contributed by atoms with Gasteiger partial charge in [0.05, 0.1) is 17.9 Å². The number of carbonyl (C=O) groups excluding carboxylic acids is 1. The molecule has 4 unspecified atom stereocenters. The minimum Gasteiger partial charge on any atom is -0.481 e. The summed E-state index contributed by atoms with van der Waals surface area (Å²) < 4.78 is 0. The molecule has 1 fully saturated rings. The fraction of sp³-hybridized carbons (Fsp3) is 0.667. The Balaban J connectivity index is 2.01. The van der Waals surface area contributed by atoms with Gasteiger partial charge in [-0.05, 0) is 25.7 Å². The summed E-state index contributed by atoms with van der Waals surface area (Å²) in [6.45, 7) is 3.76. The lowest BCUT2D eigenvalue weighted by Gasteiger charge is -2.18. The van der Waals surface area contributed by atoms with Crippen LogP contribution in [-0.4, -0.2) is 32.2 Å². The zero-order valence-electron chi connectivity index (χ0n) is 11.0. The highest BCUT2D eigenvalue weighted by Gasteiger charge is 2.41. The standard InChI is InChI=1S/C12H18N4O3/c1-6-3-8(9(4-6)12(18)19)11(17)15-7(2)10-13-5-14-16-10/h5-9H,3-4H2,1-2H3,(H,15,17)(H,18,19)(H,13,14,16). The number of aliphatic carboxylic acids is 1. The summed E-state index contributed by atoms with van der Waals surface area (Å²) >= 11 is 0. The molecule has 19 heavy (non-hydrogen) atoms. The molecule has 0 radical (unpaired) electrons.